The minimum absolute atomic E-state index is 0.0292. The van der Waals surface area contributed by atoms with Crippen molar-refractivity contribution in [3.05, 3.63) is 23.8 Å². The molecule has 24 heavy (non-hydrogen) atoms. The molecule has 5 heteroatoms. The van der Waals surface area contributed by atoms with Crippen LogP contribution in [0.1, 0.15) is 44.5 Å². The summed E-state index contributed by atoms with van der Waals surface area (Å²) in [6.45, 7) is 12.7. The van der Waals surface area contributed by atoms with E-state index in [0.717, 1.165) is 32.7 Å². The Bertz CT molecular complexity index is 537. The Hall–Kier alpha value is -1.59. The molecule has 0 spiro atoms. The summed E-state index contributed by atoms with van der Waals surface area (Å²) in [6, 6.07) is 5.53. The standard InChI is InChI=1S/C19H30N2O3/c1-14(2)23-16-5-6-19(24-15(3)4)17(13-16)18(22)7-10-21-11-8-20-9-12-21/h5-6,13-15,20H,7-12H2,1-4H3. The van der Waals surface area contributed by atoms with Crippen molar-refractivity contribution in [3.8, 4) is 11.5 Å². The lowest BCUT2D eigenvalue weighted by atomic mass is 10.1. The minimum atomic E-state index is 0.0292. The van der Waals surface area contributed by atoms with Gasteiger partial charge in [-0.05, 0) is 45.9 Å². The van der Waals surface area contributed by atoms with Crippen LogP contribution in [0.15, 0.2) is 18.2 Å². The van der Waals surface area contributed by atoms with Crippen molar-refractivity contribution in [1.29, 1.82) is 0 Å². The fourth-order valence-electron chi connectivity index (χ4n) is 2.76. The van der Waals surface area contributed by atoms with E-state index in [2.05, 4.69) is 10.2 Å². The molecular weight excluding hydrogens is 304 g/mol. The summed E-state index contributed by atoms with van der Waals surface area (Å²) < 4.78 is 11.6. The molecule has 1 heterocycles. The van der Waals surface area contributed by atoms with Gasteiger partial charge in [-0.2, -0.15) is 0 Å². The first kappa shape index (κ1) is 18.7. The molecule has 0 amide bonds. The average Bonchev–Trinajstić information content (AvgIpc) is 2.54. The number of piperazine rings is 1. The summed E-state index contributed by atoms with van der Waals surface area (Å²) in [5.74, 6) is 1.47. The Labute approximate surface area is 145 Å². The molecule has 0 bridgehead atoms. The van der Waals surface area contributed by atoms with E-state index in [1.165, 1.54) is 0 Å². The molecule has 1 aliphatic heterocycles. The Kier molecular flexibility index (Phi) is 7.06. The maximum Gasteiger partial charge on any atom is 0.168 e. The molecule has 0 atom stereocenters. The van der Waals surface area contributed by atoms with Crippen LogP contribution in [-0.4, -0.2) is 55.6 Å². The molecule has 1 aromatic rings. The SMILES string of the molecule is CC(C)Oc1ccc(OC(C)C)c(C(=O)CCN2CCNCC2)c1. The van der Waals surface area contributed by atoms with Crippen molar-refractivity contribution < 1.29 is 14.3 Å². The second-order valence-corrected chi connectivity index (χ2v) is 6.76. The lowest BCUT2D eigenvalue weighted by Gasteiger charge is -2.26. The predicted molar refractivity (Wildman–Crippen MR) is 96.2 cm³/mol. The van der Waals surface area contributed by atoms with E-state index in [9.17, 15) is 4.79 Å². The van der Waals surface area contributed by atoms with Crippen LogP contribution in [-0.2, 0) is 0 Å². The number of ketones is 1. The van der Waals surface area contributed by atoms with Gasteiger partial charge in [0.05, 0.1) is 17.8 Å². The number of carbonyl (C=O) groups is 1. The Morgan fingerprint density at radius 2 is 1.79 bits per heavy atom. The minimum Gasteiger partial charge on any atom is -0.491 e. The third-order valence-corrected chi connectivity index (χ3v) is 3.85. The summed E-state index contributed by atoms with van der Waals surface area (Å²) in [4.78, 5) is 15.1. The summed E-state index contributed by atoms with van der Waals surface area (Å²) in [5, 5.41) is 3.33. The van der Waals surface area contributed by atoms with Crippen LogP contribution in [0.2, 0.25) is 0 Å². The number of carbonyl (C=O) groups excluding carboxylic acids is 1. The third-order valence-electron chi connectivity index (χ3n) is 3.85. The maximum absolute atomic E-state index is 12.7. The average molecular weight is 334 g/mol. The fraction of sp³-hybridized carbons (Fsp3) is 0.632. The second kappa shape index (κ2) is 9.04. The van der Waals surface area contributed by atoms with Crippen LogP contribution >= 0.6 is 0 Å². The van der Waals surface area contributed by atoms with Crippen LogP contribution in [0, 0.1) is 0 Å². The van der Waals surface area contributed by atoms with Crippen molar-refractivity contribution in [2.24, 2.45) is 0 Å². The number of Topliss-reactive ketones (excluding diaryl/α,β-unsaturated/α-hetero) is 1. The van der Waals surface area contributed by atoms with Gasteiger partial charge < -0.3 is 19.7 Å². The Balaban J connectivity index is 2.09. The zero-order chi connectivity index (χ0) is 17.5. The summed E-state index contributed by atoms with van der Waals surface area (Å²) in [7, 11) is 0. The topological polar surface area (TPSA) is 50.8 Å². The van der Waals surface area contributed by atoms with Crippen molar-refractivity contribution in [1.82, 2.24) is 10.2 Å². The van der Waals surface area contributed by atoms with Gasteiger partial charge in [0.1, 0.15) is 11.5 Å². The van der Waals surface area contributed by atoms with Gasteiger partial charge >= 0.3 is 0 Å². The van der Waals surface area contributed by atoms with Crippen molar-refractivity contribution in [2.45, 2.75) is 46.3 Å². The first-order chi connectivity index (χ1) is 11.5. The lowest BCUT2D eigenvalue weighted by molar-refractivity contribution is 0.0954. The molecule has 0 aromatic heterocycles. The van der Waals surface area contributed by atoms with E-state index in [1.807, 2.05) is 45.9 Å². The van der Waals surface area contributed by atoms with Gasteiger partial charge in [-0.15, -0.1) is 0 Å². The summed E-state index contributed by atoms with van der Waals surface area (Å²) in [5.41, 5.74) is 0.622. The zero-order valence-electron chi connectivity index (χ0n) is 15.3. The second-order valence-electron chi connectivity index (χ2n) is 6.76. The van der Waals surface area contributed by atoms with Crippen LogP contribution in [0.25, 0.3) is 0 Å². The van der Waals surface area contributed by atoms with Gasteiger partial charge in [-0.3, -0.25) is 4.79 Å². The van der Waals surface area contributed by atoms with Crippen LogP contribution in [0.3, 0.4) is 0 Å². The van der Waals surface area contributed by atoms with Gasteiger partial charge in [0.15, 0.2) is 5.78 Å². The van der Waals surface area contributed by atoms with Crippen LogP contribution in [0.5, 0.6) is 11.5 Å². The third kappa shape index (κ3) is 5.80. The van der Waals surface area contributed by atoms with Gasteiger partial charge in [-0.1, -0.05) is 0 Å². The van der Waals surface area contributed by atoms with Crippen molar-refractivity contribution >= 4 is 5.78 Å². The van der Waals surface area contributed by atoms with Gasteiger partial charge in [0, 0.05) is 39.1 Å². The van der Waals surface area contributed by atoms with Crippen LogP contribution in [0.4, 0.5) is 0 Å². The molecule has 0 unspecified atom stereocenters. The number of nitrogens with one attached hydrogen (secondary N) is 1. The molecule has 1 aliphatic rings. The van der Waals surface area contributed by atoms with Gasteiger partial charge in [-0.25, -0.2) is 0 Å². The highest BCUT2D eigenvalue weighted by atomic mass is 16.5. The van der Waals surface area contributed by atoms with Gasteiger partial charge in [0.25, 0.3) is 0 Å². The highest BCUT2D eigenvalue weighted by Crippen LogP contribution is 2.27. The molecule has 2 rings (SSSR count). The fourth-order valence-corrected chi connectivity index (χ4v) is 2.76. The number of hydrogen-bond acceptors (Lipinski definition) is 5. The number of rotatable bonds is 8. The number of ether oxygens (including phenoxy) is 2. The Morgan fingerprint density at radius 3 is 2.42 bits per heavy atom. The molecule has 1 aromatic carbocycles. The molecule has 0 saturated carbocycles. The highest BCUT2D eigenvalue weighted by Gasteiger charge is 2.18. The van der Waals surface area contributed by atoms with E-state index < -0.39 is 0 Å². The normalized spacial score (nSPS) is 15.8. The molecule has 1 saturated heterocycles. The monoisotopic (exact) mass is 334 g/mol. The smallest absolute Gasteiger partial charge is 0.168 e. The van der Waals surface area contributed by atoms with E-state index in [4.69, 9.17) is 9.47 Å². The quantitative estimate of drug-likeness (QED) is 0.741. The van der Waals surface area contributed by atoms with Crippen LogP contribution < -0.4 is 14.8 Å². The van der Waals surface area contributed by atoms with E-state index in [-0.39, 0.29) is 18.0 Å². The molecule has 5 nitrogen and oxygen atoms in total. The number of nitrogens with zero attached hydrogens (tertiary/aromatic N) is 1. The highest BCUT2D eigenvalue weighted by molar-refractivity contribution is 5.99. The van der Waals surface area contributed by atoms with E-state index in [0.29, 0.717) is 23.5 Å². The summed E-state index contributed by atoms with van der Waals surface area (Å²) in [6.07, 6.45) is 0.604. The molecule has 0 aliphatic carbocycles. The molecule has 0 radical (unpaired) electrons. The first-order valence-corrected chi connectivity index (χ1v) is 8.89. The van der Waals surface area contributed by atoms with E-state index >= 15 is 0 Å². The zero-order valence-corrected chi connectivity index (χ0v) is 15.3. The van der Waals surface area contributed by atoms with Crippen molar-refractivity contribution in [3.63, 3.8) is 0 Å². The molecular formula is C19H30N2O3. The molecule has 134 valence electrons. The number of benzene rings is 1. The summed E-state index contributed by atoms with van der Waals surface area (Å²) >= 11 is 0. The van der Waals surface area contributed by atoms with Gasteiger partial charge in [0.2, 0.25) is 0 Å². The molecule has 1 fully saturated rings. The molecule has 1 N–H and O–H groups in total. The maximum atomic E-state index is 12.7. The first-order valence-electron chi connectivity index (χ1n) is 8.89. The largest absolute Gasteiger partial charge is 0.491 e. The van der Waals surface area contributed by atoms with Crippen molar-refractivity contribution in [2.75, 3.05) is 32.7 Å². The van der Waals surface area contributed by atoms with E-state index in [1.54, 1.807) is 0 Å². The lowest BCUT2D eigenvalue weighted by Crippen LogP contribution is -2.44. The predicted octanol–water partition coefficient (Wildman–Crippen LogP) is 2.74. The Morgan fingerprint density at radius 1 is 1.12 bits per heavy atom. The number of hydrogen-bond donors (Lipinski definition) is 1.